The summed E-state index contributed by atoms with van der Waals surface area (Å²) in [5.41, 5.74) is 2.02. The quantitative estimate of drug-likeness (QED) is 0.448. The van der Waals surface area contributed by atoms with E-state index in [1.165, 1.54) is 11.3 Å². The highest BCUT2D eigenvalue weighted by molar-refractivity contribution is 7.22. The fourth-order valence-corrected chi connectivity index (χ4v) is 5.41. The Morgan fingerprint density at radius 1 is 1.26 bits per heavy atom. The Kier molecular flexibility index (Phi) is 7.70. The monoisotopic (exact) mass is 505 g/mol. The number of aromatic amines is 1. The molecule has 34 heavy (non-hydrogen) atoms. The van der Waals surface area contributed by atoms with E-state index >= 15 is 0 Å². The van der Waals surface area contributed by atoms with Crippen LogP contribution in [0.5, 0.6) is 0 Å². The van der Waals surface area contributed by atoms with E-state index in [4.69, 9.17) is 26.1 Å². The summed E-state index contributed by atoms with van der Waals surface area (Å²) < 4.78 is 12.0. The molecule has 0 spiro atoms. The molecule has 3 heterocycles. The molecule has 1 aliphatic heterocycles. The zero-order chi connectivity index (χ0) is 24.2. The van der Waals surface area contributed by atoms with Crippen LogP contribution in [0.25, 0.3) is 10.2 Å². The number of fused-ring (bicyclic) bond motifs is 1. The number of esters is 1. The predicted octanol–water partition coefficient (Wildman–Crippen LogP) is 3.83. The molecule has 0 bridgehead atoms. The Morgan fingerprint density at radius 2 is 2.09 bits per heavy atom. The number of halogens is 1. The Labute approximate surface area is 206 Å². The summed E-state index contributed by atoms with van der Waals surface area (Å²) in [7, 11) is 0. The van der Waals surface area contributed by atoms with Gasteiger partial charge in [-0.1, -0.05) is 35.9 Å². The second-order valence-corrected chi connectivity index (χ2v) is 9.22. The van der Waals surface area contributed by atoms with Crippen LogP contribution in [0.15, 0.2) is 18.2 Å². The van der Waals surface area contributed by atoms with Crippen molar-refractivity contribution in [2.75, 3.05) is 31.2 Å². The number of carbonyl (C=O) groups excluding carboxylic acids is 2. The van der Waals surface area contributed by atoms with Crippen LogP contribution < -0.4 is 10.2 Å². The van der Waals surface area contributed by atoms with Crippen LogP contribution in [0.4, 0.5) is 5.13 Å². The molecule has 3 aromatic rings. The van der Waals surface area contributed by atoms with Gasteiger partial charge in [0.1, 0.15) is 0 Å². The van der Waals surface area contributed by atoms with Crippen LogP contribution >= 0.6 is 22.9 Å². The number of amides is 1. The first-order valence-corrected chi connectivity index (χ1v) is 12.6. The number of hydrogen-bond acceptors (Lipinski definition) is 8. The first-order chi connectivity index (χ1) is 16.4. The van der Waals surface area contributed by atoms with Crippen molar-refractivity contribution in [3.63, 3.8) is 0 Å². The van der Waals surface area contributed by atoms with Gasteiger partial charge in [0.25, 0.3) is 5.91 Å². The van der Waals surface area contributed by atoms with E-state index in [-0.39, 0.29) is 29.8 Å². The van der Waals surface area contributed by atoms with Gasteiger partial charge in [0.05, 0.1) is 40.2 Å². The molecule has 2 atom stereocenters. The Morgan fingerprint density at radius 3 is 2.79 bits per heavy atom. The molecule has 1 amide bonds. The van der Waals surface area contributed by atoms with E-state index < -0.39 is 0 Å². The highest BCUT2D eigenvalue weighted by Gasteiger charge is 2.33. The lowest BCUT2D eigenvalue weighted by Gasteiger charge is -2.38. The van der Waals surface area contributed by atoms with Crippen LogP contribution in [0, 0.1) is 0 Å². The summed E-state index contributed by atoms with van der Waals surface area (Å²) in [4.78, 5) is 39.2. The molecule has 11 heteroatoms. The second kappa shape index (κ2) is 10.7. The van der Waals surface area contributed by atoms with E-state index in [1.54, 1.807) is 13.0 Å². The van der Waals surface area contributed by atoms with Crippen molar-refractivity contribution >= 4 is 50.2 Å². The standard InChI is InChI=1S/C23H28ClN5O4S/c1-4-14-19(24)28-20(25-14)21(30)26-15-10-11-29(12-17(15)32-5-2)23-27-16-9-7-8-13(18(16)34-23)22(31)33-6-3/h7-9,15,17H,4-6,10-12H2,1-3H3,(H,25,28)(H,26,30). The van der Waals surface area contributed by atoms with Crippen LogP contribution in [0.1, 0.15) is 53.9 Å². The molecule has 0 radical (unpaired) electrons. The predicted molar refractivity (Wildman–Crippen MR) is 132 cm³/mol. The van der Waals surface area contributed by atoms with Crippen LogP contribution in [-0.2, 0) is 15.9 Å². The van der Waals surface area contributed by atoms with Crippen molar-refractivity contribution < 1.29 is 19.1 Å². The molecule has 0 aliphatic carbocycles. The first kappa shape index (κ1) is 24.4. The SMILES string of the molecule is CCOC(=O)c1cccc2nc(N3CCC(NC(=O)c4nc(Cl)c(CC)[nH]4)C(OCC)C3)sc12. The molecule has 2 aromatic heterocycles. The van der Waals surface area contributed by atoms with Crippen molar-refractivity contribution in [2.24, 2.45) is 0 Å². The number of piperidine rings is 1. The zero-order valence-electron chi connectivity index (χ0n) is 19.4. The van der Waals surface area contributed by atoms with Crippen molar-refractivity contribution in [2.45, 2.75) is 45.8 Å². The lowest BCUT2D eigenvalue weighted by molar-refractivity contribution is 0.0272. The summed E-state index contributed by atoms with van der Waals surface area (Å²) in [6.07, 6.45) is 1.11. The lowest BCUT2D eigenvalue weighted by Crippen LogP contribution is -2.55. The number of nitrogens with zero attached hydrogens (tertiary/aromatic N) is 3. The average Bonchev–Trinajstić information content (AvgIpc) is 3.43. The number of carbonyl (C=O) groups is 2. The molecule has 4 rings (SSSR count). The smallest absolute Gasteiger partial charge is 0.339 e. The zero-order valence-corrected chi connectivity index (χ0v) is 21.0. The molecule has 9 nitrogen and oxygen atoms in total. The minimum atomic E-state index is -0.346. The van der Waals surface area contributed by atoms with E-state index in [0.717, 1.165) is 21.0 Å². The highest BCUT2D eigenvalue weighted by atomic mass is 35.5. The summed E-state index contributed by atoms with van der Waals surface area (Å²) in [5, 5.41) is 4.18. The molecule has 182 valence electrons. The van der Waals surface area contributed by atoms with Crippen molar-refractivity contribution in [3.8, 4) is 0 Å². The van der Waals surface area contributed by atoms with Gasteiger partial charge in [-0.05, 0) is 38.8 Å². The molecular formula is C23H28ClN5O4S. The number of benzene rings is 1. The van der Waals surface area contributed by atoms with Crippen LogP contribution in [0.3, 0.4) is 0 Å². The number of thiazole rings is 1. The lowest BCUT2D eigenvalue weighted by atomic mass is 10.0. The van der Waals surface area contributed by atoms with Crippen LogP contribution in [-0.4, -0.2) is 65.3 Å². The van der Waals surface area contributed by atoms with E-state index in [9.17, 15) is 9.59 Å². The van der Waals surface area contributed by atoms with E-state index in [1.807, 2.05) is 26.0 Å². The molecule has 0 saturated carbocycles. The Balaban J connectivity index is 1.50. The van der Waals surface area contributed by atoms with Gasteiger partial charge in [0.2, 0.25) is 0 Å². The maximum absolute atomic E-state index is 12.8. The summed E-state index contributed by atoms with van der Waals surface area (Å²) in [5.74, 6) is -0.442. The van der Waals surface area contributed by atoms with Crippen molar-refractivity contribution in [3.05, 3.63) is 40.4 Å². The van der Waals surface area contributed by atoms with E-state index in [0.29, 0.717) is 49.9 Å². The number of ether oxygens (including phenoxy) is 2. The normalized spacial score (nSPS) is 18.3. The van der Waals surface area contributed by atoms with Gasteiger partial charge in [-0.25, -0.2) is 14.8 Å². The fraction of sp³-hybridized carbons (Fsp3) is 0.478. The largest absolute Gasteiger partial charge is 0.462 e. The summed E-state index contributed by atoms with van der Waals surface area (Å²) >= 11 is 7.56. The Hall–Kier alpha value is -2.69. The van der Waals surface area contributed by atoms with Gasteiger partial charge in [-0.15, -0.1) is 0 Å². The summed E-state index contributed by atoms with van der Waals surface area (Å²) in [6, 6.07) is 5.29. The topological polar surface area (TPSA) is 109 Å². The third-order valence-electron chi connectivity index (χ3n) is 5.72. The maximum atomic E-state index is 12.8. The second-order valence-electron chi connectivity index (χ2n) is 7.89. The average molecular weight is 506 g/mol. The van der Waals surface area contributed by atoms with Crippen LogP contribution in [0.2, 0.25) is 5.15 Å². The maximum Gasteiger partial charge on any atom is 0.339 e. The number of H-pyrrole nitrogens is 1. The third-order valence-corrected chi connectivity index (χ3v) is 7.20. The number of anilines is 1. The molecule has 1 saturated heterocycles. The minimum Gasteiger partial charge on any atom is -0.462 e. The molecule has 2 N–H and O–H groups in total. The van der Waals surface area contributed by atoms with Gasteiger partial charge in [-0.2, -0.15) is 0 Å². The number of aryl methyl sites for hydroxylation is 1. The Bertz CT molecular complexity index is 1180. The van der Waals surface area contributed by atoms with Gasteiger partial charge in [-0.3, -0.25) is 4.79 Å². The fourth-order valence-electron chi connectivity index (χ4n) is 4.05. The van der Waals surface area contributed by atoms with Gasteiger partial charge >= 0.3 is 5.97 Å². The molecule has 1 aromatic carbocycles. The number of hydrogen-bond donors (Lipinski definition) is 2. The van der Waals surface area contributed by atoms with Crippen molar-refractivity contribution in [1.29, 1.82) is 0 Å². The molecule has 1 aliphatic rings. The van der Waals surface area contributed by atoms with Crippen molar-refractivity contribution in [1.82, 2.24) is 20.3 Å². The highest BCUT2D eigenvalue weighted by Crippen LogP contribution is 2.33. The van der Waals surface area contributed by atoms with Gasteiger partial charge < -0.3 is 24.7 Å². The number of imidazole rings is 1. The first-order valence-electron chi connectivity index (χ1n) is 11.4. The third kappa shape index (κ3) is 5.03. The number of rotatable bonds is 8. The molecule has 2 unspecified atom stereocenters. The van der Waals surface area contributed by atoms with Gasteiger partial charge in [0, 0.05) is 19.7 Å². The number of nitrogens with one attached hydrogen (secondary N) is 2. The van der Waals surface area contributed by atoms with Gasteiger partial charge in [0.15, 0.2) is 16.1 Å². The molecule has 1 fully saturated rings. The summed E-state index contributed by atoms with van der Waals surface area (Å²) in [6.45, 7) is 7.75. The molecular weight excluding hydrogens is 478 g/mol. The van der Waals surface area contributed by atoms with E-state index in [2.05, 4.69) is 20.2 Å². The number of aromatic nitrogens is 3. The minimum absolute atomic E-state index is 0.179.